The van der Waals surface area contributed by atoms with Crippen LogP contribution in [-0.2, 0) is 9.53 Å². The molecule has 0 aromatic heterocycles. The minimum absolute atomic E-state index is 0.400. The summed E-state index contributed by atoms with van der Waals surface area (Å²) in [5.41, 5.74) is 0. The van der Waals surface area contributed by atoms with Crippen molar-refractivity contribution in [2.24, 2.45) is 0 Å². The summed E-state index contributed by atoms with van der Waals surface area (Å²) >= 11 is 15.4. The molecule has 0 rings (SSSR count). The molecular formula is C5H7Cl3O4. The molecule has 0 bridgehead atoms. The van der Waals surface area contributed by atoms with Crippen LogP contribution in [0.2, 0.25) is 0 Å². The summed E-state index contributed by atoms with van der Waals surface area (Å²) in [6.07, 6.45) is -1.15. The van der Waals surface area contributed by atoms with Crippen LogP contribution in [0.1, 0.15) is 0 Å². The smallest absolute Gasteiger partial charge is 0.358 e. The predicted octanol–water partition coefficient (Wildman–Crippen LogP) is 0.253. The van der Waals surface area contributed by atoms with Crippen molar-refractivity contribution >= 4 is 40.8 Å². The van der Waals surface area contributed by atoms with Crippen LogP contribution in [0.3, 0.4) is 0 Å². The largest absolute Gasteiger partial charge is 0.460 e. The Balaban J connectivity index is 3.73. The molecule has 0 aliphatic rings. The normalized spacial score (nSPS) is 14.1. The molecule has 4 nitrogen and oxygen atoms in total. The van der Waals surface area contributed by atoms with E-state index in [1.807, 2.05) is 0 Å². The summed E-state index contributed by atoms with van der Waals surface area (Å²) in [7, 11) is 0. The number of aliphatic hydroxyl groups excluding tert-OH is 2. The van der Waals surface area contributed by atoms with Crippen molar-refractivity contribution in [2.45, 2.75) is 9.90 Å². The third-order valence-corrected chi connectivity index (χ3v) is 1.31. The first-order valence-electron chi connectivity index (χ1n) is 2.90. The van der Waals surface area contributed by atoms with Gasteiger partial charge in [0.05, 0.1) is 6.61 Å². The Labute approximate surface area is 84.0 Å². The lowest BCUT2D eigenvalue weighted by Gasteiger charge is -2.12. The third kappa shape index (κ3) is 5.00. The van der Waals surface area contributed by atoms with Gasteiger partial charge in [-0.15, -0.1) is 0 Å². The third-order valence-electron chi connectivity index (χ3n) is 0.849. The fourth-order valence-corrected chi connectivity index (χ4v) is 0.470. The maximum absolute atomic E-state index is 10.7. The molecule has 1 atom stereocenters. The van der Waals surface area contributed by atoms with Crippen LogP contribution in [0.4, 0.5) is 0 Å². The highest BCUT2D eigenvalue weighted by molar-refractivity contribution is 6.75. The van der Waals surface area contributed by atoms with Gasteiger partial charge in [-0.3, -0.25) is 0 Å². The monoisotopic (exact) mass is 236 g/mol. The minimum Gasteiger partial charge on any atom is -0.460 e. The molecule has 12 heavy (non-hydrogen) atoms. The van der Waals surface area contributed by atoms with E-state index in [2.05, 4.69) is 4.74 Å². The summed E-state index contributed by atoms with van der Waals surface area (Å²) < 4.78 is 2.17. The molecule has 0 heterocycles. The second-order valence-corrected chi connectivity index (χ2v) is 4.21. The first-order valence-corrected chi connectivity index (χ1v) is 4.04. The number of carbonyl (C=O) groups is 1. The number of halogens is 3. The van der Waals surface area contributed by atoms with E-state index in [-0.39, 0.29) is 0 Å². The van der Waals surface area contributed by atoms with Crippen molar-refractivity contribution in [1.82, 2.24) is 0 Å². The van der Waals surface area contributed by atoms with Crippen LogP contribution in [0.5, 0.6) is 0 Å². The standard InChI is InChI=1S/C5H7Cl3O4/c6-5(7,8)4(11)12-2-3(10)1-9/h3,9-10H,1-2H2. The topological polar surface area (TPSA) is 66.8 Å². The molecule has 0 radical (unpaired) electrons. The van der Waals surface area contributed by atoms with E-state index in [1.54, 1.807) is 0 Å². The van der Waals surface area contributed by atoms with Crippen molar-refractivity contribution in [3.8, 4) is 0 Å². The summed E-state index contributed by atoms with van der Waals surface area (Å²) in [6, 6.07) is 0. The molecule has 0 aromatic rings. The Hall–Kier alpha value is 0.260. The molecule has 0 saturated heterocycles. The average molecular weight is 237 g/mol. The second kappa shape index (κ2) is 5.09. The van der Waals surface area contributed by atoms with Crippen LogP contribution in [0.15, 0.2) is 0 Å². The molecule has 7 heteroatoms. The first kappa shape index (κ1) is 12.3. The zero-order valence-electron chi connectivity index (χ0n) is 5.84. The van der Waals surface area contributed by atoms with Gasteiger partial charge in [0.2, 0.25) is 0 Å². The quantitative estimate of drug-likeness (QED) is 0.546. The van der Waals surface area contributed by atoms with E-state index >= 15 is 0 Å². The number of aliphatic hydroxyl groups is 2. The number of carbonyl (C=O) groups excluding carboxylic acids is 1. The van der Waals surface area contributed by atoms with Gasteiger partial charge in [0, 0.05) is 0 Å². The number of rotatable bonds is 3. The number of hydrogen-bond acceptors (Lipinski definition) is 4. The molecule has 0 spiro atoms. The van der Waals surface area contributed by atoms with Crippen molar-refractivity contribution in [1.29, 1.82) is 0 Å². The molecule has 0 aromatic carbocycles. The van der Waals surface area contributed by atoms with Gasteiger partial charge in [0.1, 0.15) is 12.7 Å². The molecule has 72 valence electrons. The number of hydrogen-bond donors (Lipinski definition) is 2. The van der Waals surface area contributed by atoms with Crippen LogP contribution in [0, 0.1) is 0 Å². The zero-order valence-corrected chi connectivity index (χ0v) is 8.10. The molecule has 0 amide bonds. The minimum atomic E-state index is -2.14. The highest BCUT2D eigenvalue weighted by atomic mass is 35.6. The van der Waals surface area contributed by atoms with Gasteiger partial charge in [0.25, 0.3) is 3.79 Å². The van der Waals surface area contributed by atoms with Gasteiger partial charge in [0.15, 0.2) is 0 Å². The molecular weight excluding hydrogens is 230 g/mol. The average Bonchev–Trinajstić information content (AvgIpc) is 1.97. The maximum Gasteiger partial charge on any atom is 0.358 e. The van der Waals surface area contributed by atoms with Gasteiger partial charge in [-0.25, -0.2) is 4.79 Å². The number of ether oxygens (including phenoxy) is 1. The summed E-state index contributed by atoms with van der Waals surface area (Å²) in [5, 5.41) is 17.0. The Bertz CT molecular complexity index is 155. The highest BCUT2D eigenvalue weighted by Crippen LogP contribution is 2.27. The van der Waals surface area contributed by atoms with Crippen molar-refractivity contribution < 1.29 is 19.7 Å². The molecule has 0 aliphatic carbocycles. The molecule has 2 N–H and O–H groups in total. The van der Waals surface area contributed by atoms with Crippen molar-refractivity contribution in [3.05, 3.63) is 0 Å². The van der Waals surface area contributed by atoms with E-state index in [0.29, 0.717) is 0 Å². The summed E-state index contributed by atoms with van der Waals surface area (Å²) in [6.45, 7) is -0.920. The molecule has 0 fully saturated rings. The summed E-state index contributed by atoms with van der Waals surface area (Å²) in [5.74, 6) is -1.08. The van der Waals surface area contributed by atoms with Gasteiger partial charge in [-0.1, -0.05) is 34.8 Å². The Morgan fingerprint density at radius 2 is 2.00 bits per heavy atom. The molecule has 0 saturated carbocycles. The number of alkyl halides is 3. The lowest BCUT2D eigenvalue weighted by Crippen LogP contribution is -2.28. The Kier molecular flexibility index (Phi) is 5.20. The van der Waals surface area contributed by atoms with Crippen LogP contribution in [0.25, 0.3) is 0 Å². The van der Waals surface area contributed by atoms with Crippen LogP contribution in [-0.4, -0.2) is 39.3 Å². The molecule has 0 aliphatic heterocycles. The molecule has 1 unspecified atom stereocenters. The fourth-order valence-electron chi connectivity index (χ4n) is 0.306. The van der Waals surface area contributed by atoms with Gasteiger partial charge >= 0.3 is 5.97 Å². The zero-order chi connectivity index (χ0) is 9.78. The van der Waals surface area contributed by atoms with Crippen molar-refractivity contribution in [3.63, 3.8) is 0 Å². The van der Waals surface area contributed by atoms with Crippen LogP contribution < -0.4 is 0 Å². The van der Waals surface area contributed by atoms with Gasteiger partial charge < -0.3 is 14.9 Å². The highest BCUT2D eigenvalue weighted by Gasteiger charge is 2.32. The van der Waals surface area contributed by atoms with Crippen molar-refractivity contribution in [2.75, 3.05) is 13.2 Å². The van der Waals surface area contributed by atoms with E-state index in [4.69, 9.17) is 45.0 Å². The van der Waals surface area contributed by atoms with Gasteiger partial charge in [-0.05, 0) is 0 Å². The SMILES string of the molecule is O=C(OCC(O)CO)C(Cl)(Cl)Cl. The predicted molar refractivity (Wildman–Crippen MR) is 44.3 cm³/mol. The van der Waals surface area contributed by atoms with E-state index < -0.39 is 29.1 Å². The summed E-state index contributed by atoms with van der Waals surface area (Å²) in [4.78, 5) is 10.7. The lowest BCUT2D eigenvalue weighted by atomic mass is 10.4. The fraction of sp³-hybridized carbons (Fsp3) is 0.800. The van der Waals surface area contributed by atoms with E-state index in [9.17, 15) is 4.79 Å². The number of esters is 1. The first-order chi connectivity index (χ1) is 5.38. The Morgan fingerprint density at radius 3 is 2.33 bits per heavy atom. The van der Waals surface area contributed by atoms with E-state index in [1.165, 1.54) is 0 Å². The maximum atomic E-state index is 10.7. The van der Waals surface area contributed by atoms with Gasteiger partial charge in [-0.2, -0.15) is 0 Å². The van der Waals surface area contributed by atoms with Crippen LogP contribution >= 0.6 is 34.8 Å². The van der Waals surface area contributed by atoms with E-state index in [0.717, 1.165) is 0 Å². The second-order valence-electron chi connectivity index (χ2n) is 1.93. The lowest BCUT2D eigenvalue weighted by molar-refractivity contribution is -0.146. The Morgan fingerprint density at radius 1 is 1.50 bits per heavy atom.